The highest BCUT2D eigenvalue weighted by Gasteiger charge is 2.16. The summed E-state index contributed by atoms with van der Waals surface area (Å²) in [5.41, 5.74) is 0.547. The lowest BCUT2D eigenvalue weighted by atomic mass is 10.1. The minimum atomic E-state index is -0.606. The maximum atomic E-state index is 12.7. The molecule has 0 bridgehead atoms. The molecule has 1 atom stereocenters. The fourth-order valence-electron chi connectivity index (χ4n) is 2.11. The third-order valence-electron chi connectivity index (χ3n) is 3.41. The minimum Gasteiger partial charge on any atom is -0.387 e. The fraction of sp³-hybridized carbons (Fsp3) is 0.615. The van der Waals surface area contributed by atoms with Gasteiger partial charge in [0, 0.05) is 32.7 Å². The fourth-order valence-corrected chi connectivity index (χ4v) is 2.11. The van der Waals surface area contributed by atoms with E-state index in [1.807, 2.05) is 0 Å². The van der Waals surface area contributed by atoms with E-state index in [-0.39, 0.29) is 5.82 Å². The van der Waals surface area contributed by atoms with E-state index in [0.717, 1.165) is 38.9 Å². The molecule has 0 radical (unpaired) electrons. The number of piperazine rings is 1. The van der Waals surface area contributed by atoms with Crippen molar-refractivity contribution in [2.45, 2.75) is 12.5 Å². The summed E-state index contributed by atoms with van der Waals surface area (Å²) in [5, 5.41) is 9.97. The average Bonchev–Trinajstić information content (AvgIpc) is 2.38. The molecule has 0 saturated carbocycles. The molecular weight excluding hydrogens is 233 g/mol. The van der Waals surface area contributed by atoms with Crippen LogP contribution < -0.4 is 0 Å². The lowest BCUT2D eigenvalue weighted by Gasteiger charge is -2.32. The van der Waals surface area contributed by atoms with Gasteiger partial charge in [0.2, 0.25) is 0 Å². The zero-order chi connectivity index (χ0) is 13.0. The predicted octanol–water partition coefficient (Wildman–Crippen LogP) is 0.892. The molecular formula is C13H20FN3O. The molecule has 1 unspecified atom stereocenters. The minimum absolute atomic E-state index is 0.370. The topological polar surface area (TPSA) is 39.6 Å². The molecule has 1 saturated heterocycles. The molecule has 100 valence electrons. The highest BCUT2D eigenvalue weighted by molar-refractivity contribution is 5.07. The van der Waals surface area contributed by atoms with Gasteiger partial charge in [0.05, 0.1) is 18.0 Å². The monoisotopic (exact) mass is 253 g/mol. The Labute approximate surface area is 107 Å². The number of aliphatic hydroxyl groups excluding tert-OH is 1. The standard InChI is InChI=1S/C13H20FN3O/c1-16-6-8-17(9-7-16)5-4-13(18)12-3-2-11(14)10-15-12/h2-3,10,13,18H,4-9H2,1H3. The lowest BCUT2D eigenvalue weighted by molar-refractivity contribution is 0.110. The molecule has 1 fully saturated rings. The van der Waals surface area contributed by atoms with Gasteiger partial charge in [-0.05, 0) is 25.6 Å². The molecule has 1 aliphatic rings. The first-order valence-electron chi connectivity index (χ1n) is 6.35. The van der Waals surface area contributed by atoms with Crippen LogP contribution in [0.15, 0.2) is 18.3 Å². The van der Waals surface area contributed by atoms with Gasteiger partial charge in [0.15, 0.2) is 0 Å². The molecule has 0 amide bonds. The Kier molecular flexibility index (Phi) is 4.63. The van der Waals surface area contributed by atoms with Crippen molar-refractivity contribution in [2.24, 2.45) is 0 Å². The van der Waals surface area contributed by atoms with E-state index >= 15 is 0 Å². The quantitative estimate of drug-likeness (QED) is 0.865. The second-order valence-electron chi connectivity index (χ2n) is 4.85. The van der Waals surface area contributed by atoms with Crippen LogP contribution in [0, 0.1) is 5.82 Å². The summed E-state index contributed by atoms with van der Waals surface area (Å²) in [4.78, 5) is 8.54. The van der Waals surface area contributed by atoms with Crippen LogP contribution in [0.2, 0.25) is 0 Å². The van der Waals surface area contributed by atoms with Gasteiger partial charge >= 0.3 is 0 Å². The summed E-state index contributed by atoms with van der Waals surface area (Å²) in [6.07, 6.45) is 1.18. The van der Waals surface area contributed by atoms with Crippen LogP contribution >= 0.6 is 0 Å². The van der Waals surface area contributed by atoms with E-state index in [1.165, 1.54) is 6.07 Å². The largest absolute Gasteiger partial charge is 0.387 e. The normalized spacial score (nSPS) is 19.9. The van der Waals surface area contributed by atoms with Crippen molar-refractivity contribution in [3.8, 4) is 0 Å². The Balaban J connectivity index is 1.77. The SMILES string of the molecule is CN1CCN(CCC(O)c2ccc(F)cn2)CC1. The summed E-state index contributed by atoms with van der Waals surface area (Å²) in [7, 11) is 2.12. The summed E-state index contributed by atoms with van der Waals surface area (Å²) >= 11 is 0. The number of rotatable bonds is 4. The van der Waals surface area contributed by atoms with Crippen molar-refractivity contribution in [3.63, 3.8) is 0 Å². The summed E-state index contributed by atoms with van der Waals surface area (Å²) in [6, 6.07) is 2.88. The molecule has 1 N–H and O–H groups in total. The van der Waals surface area contributed by atoms with Crippen LogP contribution in [-0.2, 0) is 0 Å². The number of halogens is 1. The van der Waals surface area contributed by atoms with Crippen LogP contribution in [0.1, 0.15) is 18.2 Å². The van der Waals surface area contributed by atoms with E-state index in [9.17, 15) is 9.50 Å². The van der Waals surface area contributed by atoms with Crippen LogP contribution in [0.5, 0.6) is 0 Å². The van der Waals surface area contributed by atoms with Gasteiger partial charge in [-0.3, -0.25) is 4.98 Å². The number of hydrogen-bond donors (Lipinski definition) is 1. The Bertz CT molecular complexity index is 363. The number of likely N-dealkylation sites (N-methyl/N-ethyl adjacent to an activating group) is 1. The molecule has 1 aliphatic heterocycles. The maximum absolute atomic E-state index is 12.7. The molecule has 18 heavy (non-hydrogen) atoms. The molecule has 2 rings (SSSR count). The van der Waals surface area contributed by atoms with Gasteiger partial charge in [0.25, 0.3) is 0 Å². The molecule has 4 nitrogen and oxygen atoms in total. The molecule has 1 aromatic heterocycles. The van der Waals surface area contributed by atoms with Crippen LogP contribution in [0.4, 0.5) is 4.39 Å². The Morgan fingerprint density at radius 1 is 1.33 bits per heavy atom. The van der Waals surface area contributed by atoms with E-state index in [2.05, 4.69) is 21.8 Å². The molecule has 0 spiro atoms. The van der Waals surface area contributed by atoms with Crippen molar-refractivity contribution in [2.75, 3.05) is 39.8 Å². The van der Waals surface area contributed by atoms with Crippen molar-refractivity contribution in [3.05, 3.63) is 29.8 Å². The smallest absolute Gasteiger partial charge is 0.141 e. The van der Waals surface area contributed by atoms with Gasteiger partial charge in [0.1, 0.15) is 5.82 Å². The number of aromatic nitrogens is 1. The third kappa shape index (κ3) is 3.73. The first-order chi connectivity index (χ1) is 8.65. The maximum Gasteiger partial charge on any atom is 0.141 e. The Morgan fingerprint density at radius 3 is 2.67 bits per heavy atom. The van der Waals surface area contributed by atoms with Crippen LogP contribution in [-0.4, -0.2) is 59.7 Å². The van der Waals surface area contributed by atoms with E-state index < -0.39 is 6.10 Å². The predicted molar refractivity (Wildman–Crippen MR) is 67.7 cm³/mol. The first kappa shape index (κ1) is 13.4. The van der Waals surface area contributed by atoms with Crippen molar-refractivity contribution in [1.29, 1.82) is 0 Å². The summed E-state index contributed by atoms with van der Waals surface area (Å²) < 4.78 is 12.7. The molecule has 2 heterocycles. The molecule has 0 aliphatic carbocycles. The number of hydrogen-bond acceptors (Lipinski definition) is 4. The molecule has 5 heteroatoms. The second kappa shape index (κ2) is 6.22. The van der Waals surface area contributed by atoms with Gasteiger partial charge < -0.3 is 14.9 Å². The number of nitrogens with zero attached hydrogens (tertiary/aromatic N) is 3. The van der Waals surface area contributed by atoms with Crippen molar-refractivity contribution in [1.82, 2.24) is 14.8 Å². The van der Waals surface area contributed by atoms with Gasteiger partial charge in [-0.15, -0.1) is 0 Å². The third-order valence-corrected chi connectivity index (χ3v) is 3.41. The number of pyridine rings is 1. The van der Waals surface area contributed by atoms with Crippen LogP contribution in [0.3, 0.4) is 0 Å². The zero-order valence-electron chi connectivity index (χ0n) is 10.7. The van der Waals surface area contributed by atoms with Crippen molar-refractivity contribution >= 4 is 0 Å². The van der Waals surface area contributed by atoms with Gasteiger partial charge in [-0.25, -0.2) is 4.39 Å². The molecule has 1 aromatic rings. The second-order valence-corrected chi connectivity index (χ2v) is 4.85. The highest BCUT2D eigenvalue weighted by Crippen LogP contribution is 2.15. The first-order valence-corrected chi connectivity index (χ1v) is 6.35. The van der Waals surface area contributed by atoms with Gasteiger partial charge in [-0.2, -0.15) is 0 Å². The van der Waals surface area contributed by atoms with E-state index in [4.69, 9.17) is 0 Å². The Hall–Kier alpha value is -1.04. The van der Waals surface area contributed by atoms with E-state index in [1.54, 1.807) is 6.07 Å². The number of aliphatic hydroxyl groups is 1. The van der Waals surface area contributed by atoms with Crippen LogP contribution in [0.25, 0.3) is 0 Å². The average molecular weight is 253 g/mol. The summed E-state index contributed by atoms with van der Waals surface area (Å²) in [6.45, 7) is 5.09. The lowest BCUT2D eigenvalue weighted by Crippen LogP contribution is -2.44. The summed E-state index contributed by atoms with van der Waals surface area (Å²) in [5.74, 6) is -0.370. The van der Waals surface area contributed by atoms with E-state index in [0.29, 0.717) is 12.1 Å². The highest BCUT2D eigenvalue weighted by atomic mass is 19.1. The Morgan fingerprint density at radius 2 is 2.06 bits per heavy atom. The van der Waals surface area contributed by atoms with Crippen molar-refractivity contribution < 1.29 is 9.50 Å². The van der Waals surface area contributed by atoms with Gasteiger partial charge in [-0.1, -0.05) is 0 Å². The zero-order valence-corrected chi connectivity index (χ0v) is 10.7. The molecule has 0 aromatic carbocycles.